The number of methoxy groups -OCH3 is 3. The molecule has 3 heteroatoms. The molecule has 1 atom stereocenters. The van der Waals surface area contributed by atoms with E-state index in [0.717, 1.165) is 16.7 Å². The molecule has 0 amide bonds. The summed E-state index contributed by atoms with van der Waals surface area (Å²) in [6.45, 7) is 0. The second-order valence-corrected chi connectivity index (χ2v) is 4.31. The quantitative estimate of drug-likeness (QED) is 0.804. The van der Waals surface area contributed by atoms with Crippen molar-refractivity contribution >= 4 is 0 Å². The Hall–Kier alpha value is -1.68. The molecule has 0 saturated heterocycles. The fraction of sp³-hybridized carbons (Fsp3) is 0.235. The van der Waals surface area contributed by atoms with E-state index in [1.54, 1.807) is 21.3 Å². The Bertz CT molecular complexity index is 521. The Labute approximate surface area is 120 Å². The van der Waals surface area contributed by atoms with E-state index in [9.17, 15) is 0 Å². The summed E-state index contributed by atoms with van der Waals surface area (Å²) in [6, 6.07) is 18.0. The molecule has 0 spiro atoms. The monoisotopic (exact) mass is 271 g/mol. The maximum Gasteiger partial charge on any atom is 0.255 e. The Balaban J connectivity index is 2.45. The van der Waals surface area contributed by atoms with Gasteiger partial charge in [0.1, 0.15) is 6.10 Å². The second-order valence-electron chi connectivity index (χ2n) is 4.31. The molecule has 105 valence electrons. The first-order valence-electron chi connectivity index (χ1n) is 6.43. The lowest BCUT2D eigenvalue weighted by Gasteiger charge is -2.22. The molecule has 0 N–H and O–H groups in total. The van der Waals surface area contributed by atoms with Gasteiger partial charge in [0.2, 0.25) is 0 Å². The molecule has 2 aromatic carbocycles. The van der Waals surface area contributed by atoms with Crippen LogP contribution in [0.15, 0.2) is 54.6 Å². The molecule has 0 aliphatic heterocycles. The highest BCUT2D eigenvalue weighted by Crippen LogP contribution is 2.31. The van der Waals surface area contributed by atoms with E-state index >= 15 is 0 Å². The van der Waals surface area contributed by atoms with E-state index in [0.29, 0.717) is 6.29 Å². The minimum Gasteiger partial charge on any atom is -0.372 e. The number of rotatable bonds is 6. The van der Waals surface area contributed by atoms with Gasteiger partial charge in [-0.3, -0.25) is 0 Å². The van der Waals surface area contributed by atoms with Crippen molar-refractivity contribution in [3.63, 3.8) is 0 Å². The average molecular weight is 271 g/mol. The molecule has 0 bridgehead atoms. The van der Waals surface area contributed by atoms with Gasteiger partial charge in [0, 0.05) is 26.9 Å². The van der Waals surface area contributed by atoms with E-state index < -0.39 is 0 Å². The molecule has 1 radical (unpaired) electrons. The molecule has 0 fully saturated rings. The smallest absolute Gasteiger partial charge is 0.255 e. The van der Waals surface area contributed by atoms with Gasteiger partial charge >= 0.3 is 0 Å². The van der Waals surface area contributed by atoms with Crippen molar-refractivity contribution in [2.24, 2.45) is 0 Å². The standard InChI is InChI=1S/C17H19O3/c1-18-16(13-9-5-4-6-10-13)14-11-7-8-12-15(14)17(19-2)20-3/h4-12,16H,1-3H3. The zero-order chi connectivity index (χ0) is 14.4. The highest BCUT2D eigenvalue weighted by atomic mass is 16.7. The third kappa shape index (κ3) is 3.07. The van der Waals surface area contributed by atoms with Crippen LogP contribution in [0.25, 0.3) is 0 Å². The zero-order valence-corrected chi connectivity index (χ0v) is 12.0. The first kappa shape index (κ1) is 14.7. The molecular weight excluding hydrogens is 252 g/mol. The van der Waals surface area contributed by atoms with E-state index in [2.05, 4.69) is 0 Å². The van der Waals surface area contributed by atoms with Crippen molar-refractivity contribution < 1.29 is 14.2 Å². The molecular formula is C17H19O3. The van der Waals surface area contributed by atoms with Gasteiger partial charge in [0.15, 0.2) is 0 Å². The van der Waals surface area contributed by atoms with Gasteiger partial charge in [0.05, 0.1) is 0 Å². The second kappa shape index (κ2) is 7.20. The van der Waals surface area contributed by atoms with Crippen LogP contribution < -0.4 is 0 Å². The van der Waals surface area contributed by atoms with Crippen LogP contribution in [0.4, 0.5) is 0 Å². The number of ether oxygens (including phenoxy) is 3. The van der Waals surface area contributed by atoms with Crippen molar-refractivity contribution in [1.29, 1.82) is 0 Å². The molecule has 20 heavy (non-hydrogen) atoms. The Morgan fingerprint density at radius 1 is 0.800 bits per heavy atom. The van der Waals surface area contributed by atoms with Gasteiger partial charge in [-0.15, -0.1) is 0 Å². The molecule has 3 nitrogen and oxygen atoms in total. The van der Waals surface area contributed by atoms with E-state index in [1.165, 1.54) is 0 Å². The topological polar surface area (TPSA) is 27.7 Å². The minimum absolute atomic E-state index is 0.160. The lowest BCUT2D eigenvalue weighted by atomic mass is 9.96. The largest absolute Gasteiger partial charge is 0.372 e. The van der Waals surface area contributed by atoms with Crippen molar-refractivity contribution in [3.05, 3.63) is 77.6 Å². The molecule has 2 rings (SSSR count). The Morgan fingerprint density at radius 3 is 2.00 bits per heavy atom. The van der Waals surface area contributed by atoms with Crippen LogP contribution in [0, 0.1) is 6.29 Å². The number of hydrogen-bond acceptors (Lipinski definition) is 3. The highest BCUT2D eigenvalue weighted by Gasteiger charge is 2.22. The van der Waals surface area contributed by atoms with Crippen LogP contribution in [0.5, 0.6) is 0 Å². The summed E-state index contributed by atoms with van der Waals surface area (Å²) < 4.78 is 16.3. The first-order chi connectivity index (χ1) is 9.81. The third-order valence-electron chi connectivity index (χ3n) is 3.17. The zero-order valence-electron chi connectivity index (χ0n) is 12.0. The van der Waals surface area contributed by atoms with E-state index in [1.807, 2.05) is 54.6 Å². The molecule has 0 saturated carbocycles. The summed E-state index contributed by atoms with van der Waals surface area (Å²) in [5.41, 5.74) is 3.00. The SMILES string of the molecule is CO[C](OC)c1ccccc1C(OC)c1ccccc1. The van der Waals surface area contributed by atoms with Crippen LogP contribution in [-0.2, 0) is 14.2 Å². The predicted octanol–water partition coefficient (Wildman–Crippen LogP) is 3.55. The van der Waals surface area contributed by atoms with Crippen LogP contribution in [0.1, 0.15) is 22.8 Å². The molecule has 1 unspecified atom stereocenters. The van der Waals surface area contributed by atoms with Gasteiger partial charge in [-0.25, -0.2) is 0 Å². The summed E-state index contributed by atoms with van der Waals surface area (Å²) in [5.74, 6) is 0. The summed E-state index contributed by atoms with van der Waals surface area (Å²) in [4.78, 5) is 0. The highest BCUT2D eigenvalue weighted by molar-refractivity contribution is 5.40. The van der Waals surface area contributed by atoms with Gasteiger partial charge in [-0.05, 0) is 11.1 Å². The summed E-state index contributed by atoms with van der Waals surface area (Å²) in [5, 5.41) is 0. The number of hydrogen-bond donors (Lipinski definition) is 0. The lowest BCUT2D eigenvalue weighted by Crippen LogP contribution is -2.12. The summed E-state index contributed by atoms with van der Waals surface area (Å²) in [6.07, 6.45) is 0.325. The fourth-order valence-electron chi connectivity index (χ4n) is 2.29. The maximum absolute atomic E-state index is 5.68. The average Bonchev–Trinajstić information content (AvgIpc) is 2.52. The molecule has 0 aliphatic carbocycles. The molecule has 0 aliphatic rings. The van der Waals surface area contributed by atoms with Crippen LogP contribution in [-0.4, -0.2) is 21.3 Å². The van der Waals surface area contributed by atoms with Crippen LogP contribution in [0.2, 0.25) is 0 Å². The molecule has 0 heterocycles. The maximum atomic E-state index is 5.68. The third-order valence-corrected chi connectivity index (χ3v) is 3.17. The summed E-state index contributed by atoms with van der Waals surface area (Å²) in [7, 11) is 4.90. The van der Waals surface area contributed by atoms with Gasteiger partial charge < -0.3 is 14.2 Å². The molecule has 0 aromatic heterocycles. The van der Waals surface area contributed by atoms with Gasteiger partial charge in [0.25, 0.3) is 6.29 Å². The Morgan fingerprint density at radius 2 is 1.40 bits per heavy atom. The van der Waals surface area contributed by atoms with Gasteiger partial charge in [-0.2, -0.15) is 0 Å². The predicted molar refractivity (Wildman–Crippen MR) is 78.1 cm³/mol. The van der Waals surface area contributed by atoms with Crippen molar-refractivity contribution in [3.8, 4) is 0 Å². The van der Waals surface area contributed by atoms with Gasteiger partial charge in [-0.1, -0.05) is 54.6 Å². The van der Waals surface area contributed by atoms with Crippen LogP contribution in [0.3, 0.4) is 0 Å². The Kier molecular flexibility index (Phi) is 5.30. The normalized spacial score (nSPS) is 12.6. The minimum atomic E-state index is -0.160. The van der Waals surface area contributed by atoms with Crippen molar-refractivity contribution in [2.45, 2.75) is 6.10 Å². The van der Waals surface area contributed by atoms with E-state index in [-0.39, 0.29) is 6.10 Å². The first-order valence-corrected chi connectivity index (χ1v) is 6.43. The van der Waals surface area contributed by atoms with E-state index in [4.69, 9.17) is 14.2 Å². The molecule has 2 aromatic rings. The number of benzene rings is 2. The summed E-state index contributed by atoms with van der Waals surface area (Å²) >= 11 is 0. The lowest BCUT2D eigenvalue weighted by molar-refractivity contribution is 0.0246. The van der Waals surface area contributed by atoms with Crippen LogP contribution >= 0.6 is 0 Å². The van der Waals surface area contributed by atoms with Crippen molar-refractivity contribution in [2.75, 3.05) is 21.3 Å². The van der Waals surface area contributed by atoms with Crippen molar-refractivity contribution in [1.82, 2.24) is 0 Å². The fourth-order valence-corrected chi connectivity index (χ4v) is 2.29.